The summed E-state index contributed by atoms with van der Waals surface area (Å²) in [6.07, 6.45) is -3.28. The Labute approximate surface area is 246 Å². The second-order valence-corrected chi connectivity index (χ2v) is 10.2. The van der Waals surface area contributed by atoms with E-state index in [4.69, 9.17) is 9.47 Å². The molecular weight excluding hydrogens is 567 g/mol. The standard InChI is InChI=1S/C31H30F3N3O6/c1-41-26-11-9-22(17-27(26)42-2)28(38)36-14-4-7-25(36)20-5-3-6-21(15-20)29(39)37(43-30(40)31(32,33)34)24-10-8-19-12-13-35-18-23(19)16-24/h3,5-6,8-11,15-17,25,35H,4,7,12-14,18H2,1-2H3. The first-order valence-corrected chi connectivity index (χ1v) is 13.7. The van der Waals surface area contributed by atoms with Gasteiger partial charge in [-0.3, -0.25) is 9.59 Å². The van der Waals surface area contributed by atoms with Gasteiger partial charge in [-0.2, -0.15) is 13.2 Å². The van der Waals surface area contributed by atoms with Crippen LogP contribution in [0, 0.1) is 0 Å². The minimum atomic E-state index is -5.31. The number of anilines is 1. The molecule has 226 valence electrons. The highest BCUT2D eigenvalue weighted by Crippen LogP contribution is 2.36. The number of benzene rings is 3. The minimum absolute atomic E-state index is 0.00580. The van der Waals surface area contributed by atoms with E-state index in [1.165, 1.54) is 38.5 Å². The van der Waals surface area contributed by atoms with Crippen LogP contribution in [0.4, 0.5) is 18.9 Å². The number of halogens is 3. The van der Waals surface area contributed by atoms with Crippen LogP contribution in [-0.4, -0.2) is 56.2 Å². The van der Waals surface area contributed by atoms with Crippen molar-refractivity contribution in [2.24, 2.45) is 0 Å². The number of nitrogens with zero attached hydrogens (tertiary/aromatic N) is 2. The molecule has 2 amide bonds. The highest BCUT2D eigenvalue weighted by atomic mass is 19.4. The van der Waals surface area contributed by atoms with Crippen LogP contribution in [0.15, 0.2) is 60.7 Å². The number of carbonyl (C=O) groups excluding carboxylic acids is 3. The van der Waals surface area contributed by atoms with Gasteiger partial charge in [0.15, 0.2) is 11.5 Å². The molecule has 0 radical (unpaired) electrons. The van der Waals surface area contributed by atoms with Crippen LogP contribution in [0.25, 0.3) is 0 Å². The normalized spacial score (nSPS) is 16.3. The SMILES string of the molecule is COc1ccc(C(=O)N2CCCC2c2cccc(C(=O)N(OC(=O)C(F)(F)F)c3ccc4c(c3)CNCC4)c2)cc1OC. The first-order valence-electron chi connectivity index (χ1n) is 13.7. The number of amides is 2. The molecule has 0 aliphatic carbocycles. The van der Waals surface area contributed by atoms with Crippen molar-refractivity contribution in [1.29, 1.82) is 0 Å². The van der Waals surface area contributed by atoms with E-state index in [0.29, 0.717) is 60.0 Å². The zero-order valence-electron chi connectivity index (χ0n) is 23.6. The van der Waals surface area contributed by atoms with Crippen molar-refractivity contribution in [3.8, 4) is 11.5 Å². The molecule has 1 atom stereocenters. The molecule has 12 heteroatoms. The Morgan fingerprint density at radius 1 is 0.930 bits per heavy atom. The third kappa shape index (κ3) is 6.29. The summed E-state index contributed by atoms with van der Waals surface area (Å²) in [7, 11) is 2.97. The molecular formula is C31H30F3N3O6. The molecule has 3 aromatic rings. The summed E-state index contributed by atoms with van der Waals surface area (Å²) < 4.78 is 50.2. The molecule has 1 unspecified atom stereocenters. The van der Waals surface area contributed by atoms with Crippen molar-refractivity contribution in [3.63, 3.8) is 0 Å². The monoisotopic (exact) mass is 597 g/mol. The smallest absolute Gasteiger partial charge is 0.493 e. The largest absolute Gasteiger partial charge is 0.493 e. The summed E-state index contributed by atoms with van der Waals surface area (Å²) in [5.41, 5.74) is 2.77. The van der Waals surface area contributed by atoms with Crippen molar-refractivity contribution >= 4 is 23.5 Å². The van der Waals surface area contributed by atoms with Crippen LogP contribution in [0.2, 0.25) is 0 Å². The number of rotatable bonds is 6. The highest BCUT2D eigenvalue weighted by molar-refractivity contribution is 6.06. The van der Waals surface area contributed by atoms with E-state index in [-0.39, 0.29) is 17.2 Å². The van der Waals surface area contributed by atoms with Crippen LogP contribution in [0.3, 0.4) is 0 Å². The Balaban J connectivity index is 1.44. The van der Waals surface area contributed by atoms with E-state index < -0.39 is 24.1 Å². The van der Waals surface area contributed by atoms with Crippen molar-refractivity contribution < 1.29 is 41.9 Å². The summed E-state index contributed by atoms with van der Waals surface area (Å²) in [6.45, 7) is 1.67. The second kappa shape index (κ2) is 12.3. The lowest BCUT2D eigenvalue weighted by atomic mass is 9.99. The topological polar surface area (TPSA) is 97.4 Å². The van der Waals surface area contributed by atoms with Gasteiger partial charge in [-0.1, -0.05) is 18.2 Å². The molecule has 0 bridgehead atoms. The van der Waals surface area contributed by atoms with Gasteiger partial charge in [-0.05, 0) is 85.0 Å². The van der Waals surface area contributed by atoms with Crippen LogP contribution in [0.1, 0.15) is 56.3 Å². The number of hydrogen-bond acceptors (Lipinski definition) is 7. The Morgan fingerprint density at radius 2 is 1.72 bits per heavy atom. The van der Waals surface area contributed by atoms with E-state index in [1.807, 2.05) is 0 Å². The maximum atomic E-state index is 13.7. The molecule has 0 spiro atoms. The fourth-order valence-corrected chi connectivity index (χ4v) is 5.43. The summed E-state index contributed by atoms with van der Waals surface area (Å²) in [5.74, 6) is -2.84. The predicted octanol–water partition coefficient (Wildman–Crippen LogP) is 4.99. The second-order valence-electron chi connectivity index (χ2n) is 10.2. The molecule has 9 nitrogen and oxygen atoms in total. The summed E-state index contributed by atoms with van der Waals surface area (Å²) in [5, 5.41) is 3.55. The maximum absolute atomic E-state index is 13.7. The van der Waals surface area contributed by atoms with E-state index >= 15 is 0 Å². The van der Waals surface area contributed by atoms with E-state index in [9.17, 15) is 27.6 Å². The first-order chi connectivity index (χ1) is 20.6. The molecule has 2 heterocycles. The Morgan fingerprint density at radius 3 is 2.47 bits per heavy atom. The molecule has 1 saturated heterocycles. The minimum Gasteiger partial charge on any atom is -0.493 e. The van der Waals surface area contributed by atoms with Gasteiger partial charge in [-0.25, -0.2) is 4.79 Å². The van der Waals surface area contributed by atoms with Crippen molar-refractivity contribution in [1.82, 2.24) is 10.2 Å². The number of hydrogen-bond donors (Lipinski definition) is 1. The Bertz CT molecular complexity index is 1540. The number of likely N-dealkylation sites (tertiary alicyclic amines) is 1. The number of methoxy groups -OCH3 is 2. The number of fused-ring (bicyclic) bond motifs is 1. The van der Waals surface area contributed by atoms with Crippen molar-refractivity contribution in [2.45, 2.75) is 38.0 Å². The molecule has 1 N–H and O–H groups in total. The van der Waals surface area contributed by atoms with Crippen molar-refractivity contribution in [3.05, 3.63) is 88.5 Å². The molecule has 3 aromatic carbocycles. The van der Waals surface area contributed by atoms with E-state index in [1.54, 1.807) is 41.3 Å². The lowest BCUT2D eigenvalue weighted by Gasteiger charge is -2.27. The van der Waals surface area contributed by atoms with Crippen LogP contribution >= 0.6 is 0 Å². The van der Waals surface area contributed by atoms with Gasteiger partial charge in [0.1, 0.15) is 0 Å². The van der Waals surface area contributed by atoms with Gasteiger partial charge in [0, 0.05) is 24.2 Å². The zero-order chi connectivity index (χ0) is 30.7. The number of carbonyl (C=O) groups is 3. The third-order valence-electron chi connectivity index (χ3n) is 7.56. The van der Waals surface area contributed by atoms with Crippen LogP contribution in [0.5, 0.6) is 11.5 Å². The first kappa shape index (κ1) is 29.9. The average molecular weight is 598 g/mol. The van der Waals surface area contributed by atoms with Gasteiger partial charge < -0.3 is 24.5 Å². The summed E-state index contributed by atoms with van der Waals surface area (Å²) >= 11 is 0. The predicted molar refractivity (Wildman–Crippen MR) is 150 cm³/mol. The summed E-state index contributed by atoms with van der Waals surface area (Å²) in [6, 6.07) is 15.5. The lowest BCUT2D eigenvalue weighted by molar-refractivity contribution is -0.199. The molecule has 0 saturated carbocycles. The fourth-order valence-electron chi connectivity index (χ4n) is 5.43. The average Bonchev–Trinajstić information content (AvgIpc) is 3.52. The maximum Gasteiger partial charge on any atom is 0.493 e. The lowest BCUT2D eigenvalue weighted by Crippen LogP contribution is -2.39. The van der Waals surface area contributed by atoms with Gasteiger partial charge in [0.2, 0.25) is 0 Å². The zero-order valence-corrected chi connectivity index (χ0v) is 23.6. The quantitative estimate of drug-likeness (QED) is 0.400. The van der Waals surface area contributed by atoms with Gasteiger partial charge in [0.05, 0.1) is 25.9 Å². The number of ether oxygens (including phenoxy) is 2. The fraction of sp³-hybridized carbons (Fsp3) is 0.323. The number of hydroxylamine groups is 1. The van der Waals surface area contributed by atoms with Gasteiger partial charge in [-0.15, -0.1) is 5.06 Å². The molecule has 2 aliphatic heterocycles. The highest BCUT2D eigenvalue weighted by Gasteiger charge is 2.44. The molecule has 43 heavy (non-hydrogen) atoms. The summed E-state index contributed by atoms with van der Waals surface area (Å²) in [4.78, 5) is 45.4. The number of nitrogens with one attached hydrogen (secondary N) is 1. The van der Waals surface area contributed by atoms with Crippen molar-refractivity contribution in [2.75, 3.05) is 32.4 Å². The van der Waals surface area contributed by atoms with Crippen LogP contribution in [-0.2, 0) is 22.6 Å². The third-order valence-corrected chi connectivity index (χ3v) is 7.56. The molecule has 1 fully saturated rings. The molecule has 0 aromatic heterocycles. The van der Waals surface area contributed by atoms with Gasteiger partial charge in [0.25, 0.3) is 11.8 Å². The number of alkyl halides is 3. The van der Waals surface area contributed by atoms with E-state index in [0.717, 1.165) is 17.7 Å². The van der Waals surface area contributed by atoms with Gasteiger partial charge >= 0.3 is 12.1 Å². The molecule has 5 rings (SSSR count). The van der Waals surface area contributed by atoms with E-state index in [2.05, 4.69) is 10.2 Å². The molecule has 2 aliphatic rings. The Kier molecular flexibility index (Phi) is 8.58. The van der Waals surface area contributed by atoms with Crippen LogP contribution < -0.4 is 19.9 Å². The Hall–Kier alpha value is -4.58.